The number of thioether (sulfide) groups is 2. The van der Waals surface area contributed by atoms with E-state index >= 15 is 0 Å². The van der Waals surface area contributed by atoms with Crippen LogP contribution in [0.3, 0.4) is 0 Å². The Morgan fingerprint density at radius 3 is 1.47 bits per heavy atom. The second kappa shape index (κ2) is 7.46. The molecule has 0 nitrogen and oxygen atoms in total. The smallest absolute Gasteiger partial charge is 0.00720 e. The Labute approximate surface area is 112 Å². The minimum atomic E-state index is 1.07. The summed E-state index contributed by atoms with van der Waals surface area (Å²) in [6.45, 7) is 0. The fourth-order valence-corrected chi connectivity index (χ4v) is 3.10. The fraction of sp³-hybridized carbons (Fsp3) is 0.133. The van der Waals surface area contributed by atoms with Crippen LogP contribution in [0.1, 0.15) is 0 Å². The minimum absolute atomic E-state index is 1.07. The summed E-state index contributed by atoms with van der Waals surface area (Å²) in [5.74, 6) is 2.15. The highest BCUT2D eigenvalue weighted by molar-refractivity contribution is 8.00. The van der Waals surface area contributed by atoms with E-state index in [1.54, 1.807) is 0 Å². The molecule has 0 amide bonds. The zero-order chi connectivity index (χ0) is 11.8. The van der Waals surface area contributed by atoms with Crippen molar-refractivity contribution in [1.29, 1.82) is 0 Å². The van der Waals surface area contributed by atoms with Crippen molar-refractivity contribution in [2.24, 2.45) is 0 Å². The van der Waals surface area contributed by atoms with Crippen molar-refractivity contribution in [3.63, 3.8) is 0 Å². The zero-order valence-corrected chi connectivity index (χ0v) is 11.2. The molecule has 0 aliphatic rings. The summed E-state index contributed by atoms with van der Waals surface area (Å²) >= 11 is 3.77. The zero-order valence-electron chi connectivity index (χ0n) is 9.58. The predicted molar refractivity (Wildman–Crippen MR) is 78.6 cm³/mol. The maximum Gasteiger partial charge on any atom is 0.00720 e. The molecule has 0 aromatic heterocycles. The van der Waals surface area contributed by atoms with Gasteiger partial charge in [0.2, 0.25) is 0 Å². The molecule has 1 radical (unpaired) electrons. The third-order valence-electron chi connectivity index (χ3n) is 2.22. The van der Waals surface area contributed by atoms with Gasteiger partial charge >= 0.3 is 0 Å². The average molecular weight is 259 g/mol. The number of hydrogen-bond donors (Lipinski definition) is 0. The number of hydrogen-bond acceptors (Lipinski definition) is 2. The van der Waals surface area contributed by atoms with Crippen LogP contribution in [0.2, 0.25) is 0 Å². The van der Waals surface area contributed by atoms with Crippen LogP contribution in [0.15, 0.2) is 70.5 Å². The minimum Gasteiger partial charge on any atom is -0.126 e. The molecule has 0 heterocycles. The lowest BCUT2D eigenvalue weighted by atomic mass is 10.4. The predicted octanol–water partition coefficient (Wildman–Crippen LogP) is 4.78. The van der Waals surface area contributed by atoms with Gasteiger partial charge in [-0.05, 0) is 30.7 Å². The van der Waals surface area contributed by atoms with Crippen molar-refractivity contribution in [2.45, 2.75) is 9.79 Å². The molecule has 0 atom stereocenters. The molecular formula is C15H15S2. The van der Waals surface area contributed by atoms with Crippen molar-refractivity contribution in [1.82, 2.24) is 0 Å². The summed E-state index contributed by atoms with van der Waals surface area (Å²) < 4.78 is 0. The fourth-order valence-electron chi connectivity index (χ4n) is 1.39. The molecule has 2 aromatic carbocycles. The maximum atomic E-state index is 2.33. The monoisotopic (exact) mass is 259 g/mol. The molecule has 2 heteroatoms. The SMILES string of the molecule is [CH](CSc1ccccc1)CSc1ccccc1. The van der Waals surface area contributed by atoms with Crippen LogP contribution in [-0.2, 0) is 0 Å². The quantitative estimate of drug-likeness (QED) is 0.541. The van der Waals surface area contributed by atoms with E-state index in [4.69, 9.17) is 0 Å². The highest BCUT2D eigenvalue weighted by Gasteiger charge is 1.95. The van der Waals surface area contributed by atoms with Crippen molar-refractivity contribution in [3.8, 4) is 0 Å². The summed E-state index contributed by atoms with van der Waals surface area (Å²) in [4.78, 5) is 2.68. The van der Waals surface area contributed by atoms with E-state index in [0.29, 0.717) is 0 Å². The normalized spacial score (nSPS) is 10.4. The molecule has 0 bridgehead atoms. The Hall–Kier alpha value is -0.860. The van der Waals surface area contributed by atoms with Crippen molar-refractivity contribution < 1.29 is 0 Å². The molecule has 2 aromatic rings. The Bertz CT molecular complexity index is 370. The average Bonchev–Trinajstić information content (AvgIpc) is 2.41. The van der Waals surface area contributed by atoms with E-state index in [1.165, 1.54) is 9.79 Å². The van der Waals surface area contributed by atoms with Crippen LogP contribution in [-0.4, -0.2) is 11.5 Å². The Morgan fingerprint density at radius 1 is 0.647 bits per heavy atom. The van der Waals surface area contributed by atoms with E-state index < -0.39 is 0 Å². The van der Waals surface area contributed by atoms with Gasteiger partial charge in [-0.3, -0.25) is 0 Å². The summed E-state index contributed by atoms with van der Waals surface area (Å²) in [7, 11) is 0. The Morgan fingerprint density at radius 2 is 1.06 bits per heavy atom. The topological polar surface area (TPSA) is 0 Å². The molecule has 17 heavy (non-hydrogen) atoms. The summed E-state index contributed by atoms with van der Waals surface area (Å²) in [5, 5.41) is 0. The molecule has 0 spiro atoms. The Kier molecular flexibility index (Phi) is 5.53. The summed E-state index contributed by atoms with van der Waals surface area (Å²) in [5.41, 5.74) is 0. The summed E-state index contributed by atoms with van der Waals surface area (Å²) in [6, 6.07) is 21.1. The van der Waals surface area contributed by atoms with Gasteiger partial charge in [0.05, 0.1) is 0 Å². The van der Waals surface area contributed by atoms with E-state index in [2.05, 4.69) is 67.1 Å². The van der Waals surface area contributed by atoms with Gasteiger partial charge in [0.15, 0.2) is 0 Å². The van der Waals surface area contributed by atoms with Gasteiger partial charge in [-0.25, -0.2) is 0 Å². The standard InChI is InChI=1S/C15H15S2/c1-3-8-14(9-4-1)16-12-7-13-17-15-10-5-2-6-11-15/h1-11H,12-13H2. The molecule has 0 N–H and O–H groups in total. The van der Waals surface area contributed by atoms with Gasteiger partial charge in [0, 0.05) is 21.3 Å². The van der Waals surface area contributed by atoms with Crippen LogP contribution >= 0.6 is 23.5 Å². The number of rotatable bonds is 6. The van der Waals surface area contributed by atoms with E-state index in [0.717, 1.165) is 11.5 Å². The molecule has 0 saturated heterocycles. The Balaban J connectivity index is 1.61. The van der Waals surface area contributed by atoms with E-state index in [1.807, 2.05) is 23.5 Å². The molecule has 0 aliphatic heterocycles. The molecule has 87 valence electrons. The third-order valence-corrected chi connectivity index (χ3v) is 4.24. The number of benzene rings is 2. The van der Waals surface area contributed by atoms with Gasteiger partial charge in [0.25, 0.3) is 0 Å². The lowest BCUT2D eigenvalue weighted by Gasteiger charge is -2.02. The van der Waals surface area contributed by atoms with Gasteiger partial charge < -0.3 is 0 Å². The second-order valence-electron chi connectivity index (χ2n) is 3.54. The van der Waals surface area contributed by atoms with Gasteiger partial charge in [-0.1, -0.05) is 36.4 Å². The molecule has 0 aliphatic carbocycles. The maximum absolute atomic E-state index is 2.33. The van der Waals surface area contributed by atoms with Gasteiger partial charge in [-0.15, -0.1) is 23.5 Å². The van der Waals surface area contributed by atoms with Gasteiger partial charge in [0.1, 0.15) is 0 Å². The van der Waals surface area contributed by atoms with Crippen molar-refractivity contribution in [3.05, 3.63) is 67.1 Å². The van der Waals surface area contributed by atoms with Crippen LogP contribution in [0, 0.1) is 6.42 Å². The van der Waals surface area contributed by atoms with Crippen molar-refractivity contribution >= 4 is 23.5 Å². The first-order chi connectivity index (χ1) is 8.45. The first-order valence-corrected chi connectivity index (χ1v) is 7.59. The first kappa shape index (κ1) is 12.6. The molecular weight excluding hydrogens is 244 g/mol. The molecule has 0 unspecified atom stereocenters. The second-order valence-corrected chi connectivity index (χ2v) is 5.72. The highest BCUT2D eigenvalue weighted by atomic mass is 32.2. The summed E-state index contributed by atoms with van der Waals surface area (Å²) in [6.07, 6.45) is 2.33. The first-order valence-electron chi connectivity index (χ1n) is 5.62. The molecule has 0 saturated carbocycles. The van der Waals surface area contributed by atoms with Crippen LogP contribution in [0.4, 0.5) is 0 Å². The van der Waals surface area contributed by atoms with Crippen LogP contribution in [0.25, 0.3) is 0 Å². The van der Waals surface area contributed by atoms with Crippen LogP contribution in [0.5, 0.6) is 0 Å². The van der Waals surface area contributed by atoms with E-state index in [-0.39, 0.29) is 0 Å². The van der Waals surface area contributed by atoms with E-state index in [9.17, 15) is 0 Å². The lowest BCUT2D eigenvalue weighted by molar-refractivity contribution is 1.39. The lowest BCUT2D eigenvalue weighted by Crippen LogP contribution is -1.85. The molecule has 0 fully saturated rings. The van der Waals surface area contributed by atoms with Crippen LogP contribution < -0.4 is 0 Å². The van der Waals surface area contributed by atoms with Gasteiger partial charge in [-0.2, -0.15) is 0 Å². The van der Waals surface area contributed by atoms with Crippen molar-refractivity contribution in [2.75, 3.05) is 11.5 Å². The largest absolute Gasteiger partial charge is 0.126 e. The molecule has 2 rings (SSSR count). The highest BCUT2D eigenvalue weighted by Crippen LogP contribution is 2.21. The third kappa shape index (κ3) is 4.88.